The van der Waals surface area contributed by atoms with Gasteiger partial charge in [-0.1, -0.05) is 43.3 Å². The van der Waals surface area contributed by atoms with Crippen molar-refractivity contribution in [2.75, 3.05) is 43.4 Å². The zero-order valence-corrected chi connectivity index (χ0v) is 22.4. The molecule has 3 heterocycles. The molecule has 2 aliphatic rings. The number of phenolic OH excluding ortho intramolecular Hbond substituents is 1. The Morgan fingerprint density at radius 3 is 2.27 bits per heavy atom. The van der Waals surface area contributed by atoms with Crippen LogP contribution in [0.1, 0.15) is 35.3 Å². The molecule has 11 heteroatoms. The molecule has 2 aliphatic heterocycles. The molecule has 0 spiro atoms. The van der Waals surface area contributed by atoms with Crippen LogP contribution in [0.4, 0.5) is 11.6 Å². The van der Waals surface area contributed by atoms with E-state index in [0.29, 0.717) is 38.5 Å². The molecular formula is C29H31N7O4. The quantitative estimate of drug-likeness (QED) is 0.291. The van der Waals surface area contributed by atoms with Crippen molar-refractivity contribution in [2.45, 2.75) is 19.4 Å². The van der Waals surface area contributed by atoms with Gasteiger partial charge in [0.1, 0.15) is 11.4 Å². The molecule has 1 fully saturated rings. The first-order valence-electron chi connectivity index (χ1n) is 13.2. The minimum absolute atomic E-state index is 0.0123. The summed E-state index contributed by atoms with van der Waals surface area (Å²) in [6.07, 6.45) is 4.03. The summed E-state index contributed by atoms with van der Waals surface area (Å²) in [5, 5.41) is 17.3. The van der Waals surface area contributed by atoms with Crippen LogP contribution in [0.15, 0.2) is 78.4 Å². The molecule has 1 atom stereocenters. The Bertz CT molecular complexity index is 1440. The van der Waals surface area contributed by atoms with Gasteiger partial charge in [-0.25, -0.2) is 9.97 Å². The first-order chi connectivity index (χ1) is 19.4. The van der Waals surface area contributed by atoms with Gasteiger partial charge in [-0.3, -0.25) is 19.3 Å². The minimum Gasteiger partial charge on any atom is -0.505 e. The number of aromatic hydroxyl groups is 1. The van der Waals surface area contributed by atoms with Crippen LogP contribution in [-0.2, 0) is 9.59 Å². The second kappa shape index (κ2) is 11.4. The van der Waals surface area contributed by atoms with E-state index in [1.807, 2.05) is 42.2 Å². The van der Waals surface area contributed by atoms with E-state index in [1.165, 1.54) is 7.05 Å². The van der Waals surface area contributed by atoms with Crippen LogP contribution in [0.2, 0.25) is 0 Å². The first kappa shape index (κ1) is 26.7. The molecule has 0 radical (unpaired) electrons. The fourth-order valence-corrected chi connectivity index (χ4v) is 4.86. The number of nitrogens with zero attached hydrogens (tertiary/aromatic N) is 5. The van der Waals surface area contributed by atoms with Gasteiger partial charge in [0.2, 0.25) is 5.95 Å². The number of carbonyl (C=O) groups excluding carboxylic acids is 3. The predicted octanol–water partition coefficient (Wildman–Crippen LogP) is 2.51. The molecule has 11 nitrogen and oxygen atoms in total. The Morgan fingerprint density at radius 2 is 1.60 bits per heavy atom. The number of amides is 3. The normalized spacial score (nSPS) is 16.4. The predicted molar refractivity (Wildman–Crippen MR) is 149 cm³/mol. The molecule has 3 aromatic rings. The number of hydrogen-bond acceptors (Lipinski definition) is 9. The number of phenols is 1. The van der Waals surface area contributed by atoms with E-state index < -0.39 is 11.8 Å². The van der Waals surface area contributed by atoms with Gasteiger partial charge in [-0.2, -0.15) is 0 Å². The number of imide groups is 1. The highest BCUT2D eigenvalue weighted by Gasteiger charge is 2.38. The van der Waals surface area contributed by atoms with Gasteiger partial charge in [0.25, 0.3) is 17.7 Å². The van der Waals surface area contributed by atoms with Crippen molar-refractivity contribution in [3.8, 4) is 5.75 Å². The smallest absolute Gasteiger partial charge is 0.279 e. The molecule has 40 heavy (non-hydrogen) atoms. The number of rotatable bonds is 8. The molecule has 3 N–H and O–H groups in total. The molecule has 3 amide bonds. The second-order valence-electron chi connectivity index (χ2n) is 9.59. The lowest BCUT2D eigenvalue weighted by Gasteiger charge is -2.34. The van der Waals surface area contributed by atoms with Crippen LogP contribution in [0.3, 0.4) is 0 Å². The maximum Gasteiger partial charge on any atom is 0.279 e. The Hall–Kier alpha value is -4.93. The summed E-state index contributed by atoms with van der Waals surface area (Å²) in [6, 6.07) is 15.9. The molecule has 5 rings (SSSR count). The van der Waals surface area contributed by atoms with E-state index in [9.17, 15) is 19.5 Å². The van der Waals surface area contributed by atoms with Gasteiger partial charge < -0.3 is 25.5 Å². The van der Waals surface area contributed by atoms with Gasteiger partial charge in [0, 0.05) is 45.6 Å². The zero-order chi connectivity index (χ0) is 28.2. The third kappa shape index (κ3) is 5.18. The number of hydrogen-bond donors (Lipinski definition) is 3. The third-order valence-electron chi connectivity index (χ3n) is 7.14. The van der Waals surface area contributed by atoms with E-state index in [-0.39, 0.29) is 40.3 Å². The fraction of sp³-hybridized carbons (Fsp3) is 0.276. The molecule has 0 aliphatic carbocycles. The SMILES string of the molecule is CC[C@@H](NC1=C(Nc2cccc(C(=O)N3CCN(c4ncccn4)CC3)c2O)C(=O)N(C)C1=O)c1ccccc1. The molecule has 1 saturated heterocycles. The Balaban J connectivity index is 1.36. The van der Waals surface area contributed by atoms with E-state index in [0.717, 1.165) is 10.5 Å². The number of piperazine rings is 1. The third-order valence-corrected chi connectivity index (χ3v) is 7.14. The summed E-state index contributed by atoms with van der Waals surface area (Å²) >= 11 is 0. The number of aromatic nitrogens is 2. The van der Waals surface area contributed by atoms with Crippen LogP contribution in [0.5, 0.6) is 5.75 Å². The molecule has 0 saturated carbocycles. The average molecular weight is 542 g/mol. The van der Waals surface area contributed by atoms with Crippen LogP contribution in [0.25, 0.3) is 0 Å². The molecule has 206 valence electrons. The van der Waals surface area contributed by atoms with E-state index in [1.54, 1.807) is 41.6 Å². The standard InChI is InChI=1S/C29H31N7O4/c1-3-21(19-9-5-4-6-10-19)32-23-24(28(40)34(2)27(23)39)33-22-12-7-11-20(25(22)37)26(38)35-15-17-36(18-16-35)29-30-13-8-14-31-29/h4-14,21,32-33,37H,3,15-18H2,1-2H3/t21-/m1/s1. The monoisotopic (exact) mass is 541 g/mol. The van der Waals surface area contributed by atoms with Crippen molar-refractivity contribution in [1.29, 1.82) is 0 Å². The maximum absolute atomic E-state index is 13.4. The molecule has 0 unspecified atom stereocenters. The van der Waals surface area contributed by atoms with Crippen molar-refractivity contribution in [1.82, 2.24) is 25.1 Å². The highest BCUT2D eigenvalue weighted by molar-refractivity contribution is 6.20. The van der Waals surface area contributed by atoms with Gasteiger partial charge in [-0.05, 0) is 30.2 Å². The van der Waals surface area contributed by atoms with Crippen molar-refractivity contribution in [3.05, 3.63) is 89.5 Å². The Morgan fingerprint density at radius 1 is 0.925 bits per heavy atom. The highest BCUT2D eigenvalue weighted by Crippen LogP contribution is 2.32. The molecule has 0 bridgehead atoms. The highest BCUT2D eigenvalue weighted by atomic mass is 16.3. The van der Waals surface area contributed by atoms with Crippen LogP contribution in [0, 0.1) is 0 Å². The minimum atomic E-state index is -0.536. The largest absolute Gasteiger partial charge is 0.505 e. The molecule has 2 aromatic carbocycles. The summed E-state index contributed by atoms with van der Waals surface area (Å²) in [6.45, 7) is 3.96. The fourth-order valence-electron chi connectivity index (χ4n) is 4.86. The van der Waals surface area contributed by atoms with E-state index >= 15 is 0 Å². The summed E-state index contributed by atoms with van der Waals surface area (Å²) in [5.74, 6) is -1.03. The zero-order valence-electron chi connectivity index (χ0n) is 22.4. The summed E-state index contributed by atoms with van der Waals surface area (Å²) in [7, 11) is 1.41. The molecule has 1 aromatic heterocycles. The second-order valence-corrected chi connectivity index (χ2v) is 9.59. The van der Waals surface area contributed by atoms with E-state index in [4.69, 9.17) is 0 Å². The Labute approximate surface area is 232 Å². The van der Waals surface area contributed by atoms with Gasteiger partial charge >= 0.3 is 0 Å². The summed E-state index contributed by atoms with van der Waals surface area (Å²) in [4.78, 5) is 52.6. The summed E-state index contributed by atoms with van der Waals surface area (Å²) < 4.78 is 0. The Kier molecular flexibility index (Phi) is 7.63. The van der Waals surface area contributed by atoms with Crippen LogP contribution in [-0.4, -0.2) is 75.8 Å². The van der Waals surface area contributed by atoms with Gasteiger partial charge in [0.05, 0.1) is 17.3 Å². The van der Waals surface area contributed by atoms with Gasteiger partial charge in [0.15, 0.2) is 5.75 Å². The number of carbonyl (C=O) groups is 3. The van der Waals surface area contributed by atoms with Crippen molar-refractivity contribution in [3.63, 3.8) is 0 Å². The summed E-state index contributed by atoms with van der Waals surface area (Å²) in [5.41, 5.74) is 1.35. The number of nitrogens with one attached hydrogen (secondary N) is 2. The van der Waals surface area contributed by atoms with Crippen molar-refractivity contribution < 1.29 is 19.5 Å². The first-order valence-corrected chi connectivity index (χ1v) is 13.2. The lowest BCUT2D eigenvalue weighted by atomic mass is 10.0. The van der Waals surface area contributed by atoms with Crippen molar-refractivity contribution in [2.24, 2.45) is 0 Å². The number of anilines is 2. The lowest BCUT2D eigenvalue weighted by Crippen LogP contribution is -2.49. The lowest BCUT2D eigenvalue weighted by molar-refractivity contribution is -0.136. The number of para-hydroxylation sites is 1. The van der Waals surface area contributed by atoms with E-state index in [2.05, 4.69) is 20.6 Å². The topological polar surface area (TPSA) is 131 Å². The van der Waals surface area contributed by atoms with Crippen LogP contribution >= 0.6 is 0 Å². The van der Waals surface area contributed by atoms with Crippen LogP contribution < -0.4 is 15.5 Å². The number of likely N-dealkylation sites (N-methyl/N-ethyl adjacent to an activating group) is 1. The van der Waals surface area contributed by atoms with Gasteiger partial charge in [-0.15, -0.1) is 0 Å². The van der Waals surface area contributed by atoms with Crippen molar-refractivity contribution >= 4 is 29.4 Å². The maximum atomic E-state index is 13.4. The molecular weight excluding hydrogens is 510 g/mol. The number of benzene rings is 2. The average Bonchev–Trinajstić information content (AvgIpc) is 3.20.